The number of amides is 1. The van der Waals surface area contributed by atoms with Gasteiger partial charge in [0.2, 0.25) is 5.91 Å². The zero-order valence-corrected chi connectivity index (χ0v) is 23.9. The normalized spacial score (nSPS) is 12.0. The molecule has 3 rings (SSSR count). The average molecular weight is 597 g/mol. The fourth-order valence-electron chi connectivity index (χ4n) is 4.18. The molecule has 0 aliphatic carbocycles. The van der Waals surface area contributed by atoms with E-state index in [1.54, 1.807) is 18.2 Å². The van der Waals surface area contributed by atoms with Gasteiger partial charge in [0, 0.05) is 39.4 Å². The number of rotatable bonds is 13. The largest absolute Gasteiger partial charge is 0.494 e. The maximum absolute atomic E-state index is 13.4. The van der Waals surface area contributed by atoms with E-state index in [4.69, 9.17) is 16.3 Å². The summed E-state index contributed by atoms with van der Waals surface area (Å²) in [6.45, 7) is 3.01. The summed E-state index contributed by atoms with van der Waals surface area (Å²) in [4.78, 5) is 13.3. The lowest BCUT2D eigenvalue weighted by Gasteiger charge is -2.24. The van der Waals surface area contributed by atoms with Crippen LogP contribution < -0.4 is 10.1 Å². The SMILES string of the molecule is CC(=O)NCc1ccc(OCCCN(CCc2ccccc2)Cc2cccc(C(F)(F)F)c2Cl)cc1S(C)(=O)=O. The van der Waals surface area contributed by atoms with Crippen molar-refractivity contribution in [2.24, 2.45) is 0 Å². The first-order valence-corrected chi connectivity index (χ1v) is 14.9. The van der Waals surface area contributed by atoms with Gasteiger partial charge >= 0.3 is 6.18 Å². The molecule has 0 saturated heterocycles. The van der Waals surface area contributed by atoms with E-state index in [0.717, 1.165) is 17.9 Å². The summed E-state index contributed by atoms with van der Waals surface area (Å²) < 4.78 is 70.5. The monoisotopic (exact) mass is 596 g/mol. The van der Waals surface area contributed by atoms with Crippen molar-refractivity contribution in [2.75, 3.05) is 26.0 Å². The van der Waals surface area contributed by atoms with Gasteiger partial charge in [0.15, 0.2) is 9.84 Å². The number of alkyl halides is 3. The van der Waals surface area contributed by atoms with Gasteiger partial charge in [-0.25, -0.2) is 8.42 Å². The quantitative estimate of drug-likeness (QED) is 0.248. The van der Waals surface area contributed by atoms with Crippen molar-refractivity contribution < 1.29 is 31.1 Å². The molecule has 0 fully saturated rings. The Balaban J connectivity index is 1.68. The van der Waals surface area contributed by atoms with Gasteiger partial charge in [-0.2, -0.15) is 13.2 Å². The molecule has 0 aliphatic rings. The maximum atomic E-state index is 13.4. The molecule has 0 spiro atoms. The highest BCUT2D eigenvalue weighted by Crippen LogP contribution is 2.36. The number of nitrogens with one attached hydrogen (secondary N) is 1. The Kier molecular flexibility index (Phi) is 11.0. The molecule has 6 nitrogen and oxygen atoms in total. The molecule has 0 bridgehead atoms. The van der Waals surface area contributed by atoms with Gasteiger partial charge in [0.05, 0.1) is 22.1 Å². The van der Waals surface area contributed by atoms with Crippen molar-refractivity contribution in [3.8, 4) is 5.75 Å². The number of halogens is 4. The van der Waals surface area contributed by atoms with Crippen LogP contribution in [0.5, 0.6) is 5.75 Å². The van der Waals surface area contributed by atoms with Crippen LogP contribution in [0.4, 0.5) is 13.2 Å². The van der Waals surface area contributed by atoms with E-state index in [0.29, 0.717) is 42.8 Å². The third-order valence-electron chi connectivity index (χ3n) is 6.19. The molecule has 216 valence electrons. The molecule has 40 heavy (non-hydrogen) atoms. The van der Waals surface area contributed by atoms with Crippen LogP contribution in [-0.4, -0.2) is 45.2 Å². The highest BCUT2D eigenvalue weighted by atomic mass is 35.5. The lowest BCUT2D eigenvalue weighted by molar-refractivity contribution is -0.137. The Labute approximate surface area is 238 Å². The van der Waals surface area contributed by atoms with Crippen molar-refractivity contribution in [2.45, 2.75) is 43.9 Å². The van der Waals surface area contributed by atoms with Crippen LogP contribution >= 0.6 is 11.6 Å². The molecular formula is C29H32ClF3N2O4S. The van der Waals surface area contributed by atoms with Crippen molar-refractivity contribution in [1.82, 2.24) is 10.2 Å². The first-order valence-electron chi connectivity index (χ1n) is 12.7. The van der Waals surface area contributed by atoms with E-state index in [1.807, 2.05) is 35.2 Å². The highest BCUT2D eigenvalue weighted by molar-refractivity contribution is 7.90. The minimum absolute atomic E-state index is 0.0717. The number of hydrogen-bond donors (Lipinski definition) is 1. The van der Waals surface area contributed by atoms with Crippen LogP contribution in [-0.2, 0) is 40.3 Å². The predicted molar refractivity (Wildman–Crippen MR) is 149 cm³/mol. The molecule has 3 aromatic carbocycles. The number of nitrogens with zero attached hydrogens (tertiary/aromatic N) is 1. The Morgan fingerprint density at radius 2 is 1.73 bits per heavy atom. The summed E-state index contributed by atoms with van der Waals surface area (Å²) in [7, 11) is -3.57. The summed E-state index contributed by atoms with van der Waals surface area (Å²) in [5.41, 5.74) is 1.08. The minimum atomic E-state index is -4.54. The molecule has 0 aromatic heterocycles. The number of carbonyl (C=O) groups excluding carboxylic acids is 1. The predicted octanol–water partition coefficient (Wildman–Crippen LogP) is 5.91. The standard InChI is InChI=1S/C29H32ClF3N2O4S/c1-21(36)34-19-23-12-13-25(18-27(23)40(2,37)38)39-17-7-15-35(16-14-22-8-4-3-5-9-22)20-24-10-6-11-26(28(24)30)29(31,32)33/h3-6,8-13,18H,7,14-17,19-20H2,1-2H3,(H,34,36). The Bertz CT molecular complexity index is 1400. The second-order valence-electron chi connectivity index (χ2n) is 9.44. The van der Waals surface area contributed by atoms with Gasteiger partial charge < -0.3 is 10.1 Å². The van der Waals surface area contributed by atoms with Gasteiger partial charge in [0.1, 0.15) is 5.75 Å². The molecule has 0 heterocycles. The van der Waals surface area contributed by atoms with Crippen molar-refractivity contribution in [3.05, 3.63) is 94.0 Å². The first kappa shape index (κ1) is 31.4. The van der Waals surface area contributed by atoms with Crippen LogP contribution in [0, 0.1) is 0 Å². The van der Waals surface area contributed by atoms with E-state index in [1.165, 1.54) is 19.1 Å². The summed E-state index contributed by atoms with van der Waals surface area (Å²) in [6, 6.07) is 18.4. The van der Waals surface area contributed by atoms with Crippen LogP contribution in [0.1, 0.15) is 35.6 Å². The van der Waals surface area contributed by atoms with Crippen molar-refractivity contribution in [1.29, 1.82) is 0 Å². The second kappa shape index (κ2) is 14.0. The van der Waals surface area contributed by atoms with E-state index in [-0.39, 0.29) is 35.5 Å². The number of hydrogen-bond acceptors (Lipinski definition) is 5. The summed E-state index contributed by atoms with van der Waals surface area (Å²) >= 11 is 6.16. The van der Waals surface area contributed by atoms with Gasteiger partial charge in [-0.15, -0.1) is 0 Å². The zero-order valence-electron chi connectivity index (χ0n) is 22.3. The third-order valence-corrected chi connectivity index (χ3v) is 7.82. The molecule has 1 amide bonds. The van der Waals surface area contributed by atoms with E-state index >= 15 is 0 Å². The Morgan fingerprint density at radius 1 is 1.00 bits per heavy atom. The lowest BCUT2D eigenvalue weighted by atomic mass is 10.1. The molecule has 11 heteroatoms. The van der Waals surface area contributed by atoms with Crippen molar-refractivity contribution in [3.63, 3.8) is 0 Å². The van der Waals surface area contributed by atoms with Crippen LogP contribution in [0.15, 0.2) is 71.6 Å². The van der Waals surface area contributed by atoms with Crippen LogP contribution in [0.2, 0.25) is 5.02 Å². The molecule has 1 N–H and O–H groups in total. The molecule has 3 aromatic rings. The second-order valence-corrected chi connectivity index (χ2v) is 11.8. The smallest absolute Gasteiger partial charge is 0.417 e. The fourth-order valence-corrected chi connectivity index (χ4v) is 5.42. The number of sulfone groups is 1. The number of ether oxygens (including phenoxy) is 1. The van der Waals surface area contributed by atoms with Crippen molar-refractivity contribution >= 4 is 27.3 Å². The summed E-state index contributed by atoms with van der Waals surface area (Å²) in [6.07, 6.45) is -2.22. The van der Waals surface area contributed by atoms with E-state index in [9.17, 15) is 26.4 Å². The van der Waals surface area contributed by atoms with E-state index in [2.05, 4.69) is 5.32 Å². The fraction of sp³-hybridized carbons (Fsp3) is 0.345. The lowest BCUT2D eigenvalue weighted by Crippen LogP contribution is -2.28. The van der Waals surface area contributed by atoms with Gasteiger partial charge in [-0.1, -0.05) is 60.1 Å². The molecule has 0 aliphatic heterocycles. The van der Waals surface area contributed by atoms with Crippen LogP contribution in [0.3, 0.4) is 0 Å². The Morgan fingerprint density at radius 3 is 2.38 bits per heavy atom. The highest BCUT2D eigenvalue weighted by Gasteiger charge is 2.34. The topological polar surface area (TPSA) is 75.7 Å². The number of carbonyl (C=O) groups is 1. The van der Waals surface area contributed by atoms with Gasteiger partial charge in [-0.3, -0.25) is 9.69 Å². The first-order chi connectivity index (χ1) is 18.8. The molecule has 0 radical (unpaired) electrons. The zero-order chi connectivity index (χ0) is 29.3. The summed E-state index contributed by atoms with van der Waals surface area (Å²) in [5.74, 6) is 0.0896. The maximum Gasteiger partial charge on any atom is 0.417 e. The molecular weight excluding hydrogens is 565 g/mol. The Hall–Kier alpha value is -3.08. The molecule has 0 saturated carbocycles. The summed E-state index contributed by atoms with van der Waals surface area (Å²) in [5, 5.41) is 2.29. The molecule has 0 atom stereocenters. The van der Waals surface area contributed by atoms with Gasteiger partial charge in [-0.05, 0) is 47.7 Å². The number of benzene rings is 3. The molecule has 0 unspecified atom stereocenters. The van der Waals surface area contributed by atoms with Gasteiger partial charge in [0.25, 0.3) is 0 Å². The van der Waals surface area contributed by atoms with E-state index < -0.39 is 21.6 Å². The third kappa shape index (κ3) is 9.53. The van der Waals surface area contributed by atoms with Crippen LogP contribution in [0.25, 0.3) is 0 Å². The minimum Gasteiger partial charge on any atom is -0.494 e. The average Bonchev–Trinajstić information content (AvgIpc) is 2.89.